The van der Waals surface area contributed by atoms with Gasteiger partial charge in [-0.15, -0.1) is 23.1 Å². The third-order valence-corrected chi connectivity index (χ3v) is 6.36. The summed E-state index contributed by atoms with van der Waals surface area (Å²) in [6.07, 6.45) is 5.54. The Balaban J connectivity index is 1.39. The highest BCUT2D eigenvalue weighted by molar-refractivity contribution is 7.99. The molecule has 0 aliphatic heterocycles. The Morgan fingerprint density at radius 3 is 3.09 bits per heavy atom. The van der Waals surface area contributed by atoms with Crippen molar-refractivity contribution in [2.24, 2.45) is 5.92 Å². The summed E-state index contributed by atoms with van der Waals surface area (Å²) in [5.74, 6) is 1.87. The van der Waals surface area contributed by atoms with Gasteiger partial charge in [-0.1, -0.05) is 0 Å². The van der Waals surface area contributed by atoms with Crippen molar-refractivity contribution in [3.63, 3.8) is 0 Å². The molecule has 2 aliphatic rings. The van der Waals surface area contributed by atoms with Gasteiger partial charge in [0.15, 0.2) is 0 Å². The predicted molar refractivity (Wildman–Crippen MR) is 92.1 cm³/mol. The molecule has 2 aromatic heterocycles. The zero-order chi connectivity index (χ0) is 15.8. The van der Waals surface area contributed by atoms with Crippen molar-refractivity contribution in [3.8, 4) is 0 Å². The molecule has 0 bridgehead atoms. The molecule has 4 rings (SSSR count). The summed E-state index contributed by atoms with van der Waals surface area (Å²) in [4.78, 5) is 33.5. The van der Waals surface area contributed by atoms with E-state index >= 15 is 0 Å². The monoisotopic (exact) mass is 350 g/mol. The van der Waals surface area contributed by atoms with E-state index in [0.717, 1.165) is 29.5 Å². The first-order valence-corrected chi connectivity index (χ1v) is 9.94. The fraction of sp³-hybridized carbons (Fsp3) is 0.562. The van der Waals surface area contributed by atoms with Crippen LogP contribution < -0.4 is 5.56 Å². The van der Waals surface area contributed by atoms with Crippen LogP contribution >= 0.6 is 23.1 Å². The fourth-order valence-electron chi connectivity index (χ4n) is 2.88. The quantitative estimate of drug-likeness (QED) is 0.811. The summed E-state index contributed by atoms with van der Waals surface area (Å²) in [6.45, 7) is 0.557. The molecule has 0 saturated heterocycles. The first-order chi connectivity index (χ1) is 11.2. The van der Waals surface area contributed by atoms with Gasteiger partial charge in [0.2, 0.25) is 0 Å². The maximum atomic E-state index is 12.3. The van der Waals surface area contributed by atoms with E-state index in [1.54, 1.807) is 11.3 Å². The molecule has 0 spiro atoms. The van der Waals surface area contributed by atoms with Crippen LogP contribution in [-0.2, 0) is 28.1 Å². The molecule has 23 heavy (non-hydrogen) atoms. The number of esters is 1. The van der Waals surface area contributed by atoms with Crippen LogP contribution in [0.1, 0.15) is 35.5 Å². The van der Waals surface area contributed by atoms with E-state index < -0.39 is 0 Å². The maximum absolute atomic E-state index is 12.3. The van der Waals surface area contributed by atoms with E-state index in [1.807, 2.05) is 0 Å². The first kappa shape index (κ1) is 15.2. The number of nitrogens with one attached hydrogen (secondary N) is 1. The van der Waals surface area contributed by atoms with Gasteiger partial charge in [0.1, 0.15) is 10.7 Å². The summed E-state index contributed by atoms with van der Waals surface area (Å²) in [5.41, 5.74) is 1.16. The van der Waals surface area contributed by atoms with Crippen LogP contribution in [0.2, 0.25) is 0 Å². The van der Waals surface area contributed by atoms with Gasteiger partial charge in [-0.3, -0.25) is 9.59 Å². The van der Waals surface area contributed by atoms with Crippen molar-refractivity contribution in [1.29, 1.82) is 0 Å². The number of hydrogen-bond acceptors (Lipinski definition) is 6. The molecule has 2 aromatic rings. The number of aromatic nitrogens is 2. The maximum Gasteiger partial charge on any atom is 0.315 e. The second-order valence-corrected chi connectivity index (χ2v) is 8.24. The van der Waals surface area contributed by atoms with Gasteiger partial charge >= 0.3 is 5.97 Å². The molecule has 2 aliphatic carbocycles. The number of thiophene rings is 1. The highest BCUT2D eigenvalue weighted by Crippen LogP contribution is 2.34. The van der Waals surface area contributed by atoms with Gasteiger partial charge in [-0.2, -0.15) is 0 Å². The van der Waals surface area contributed by atoms with Crippen molar-refractivity contribution in [2.45, 2.75) is 37.9 Å². The third-order valence-electron chi connectivity index (χ3n) is 4.26. The van der Waals surface area contributed by atoms with Crippen LogP contribution in [0.3, 0.4) is 0 Å². The second kappa shape index (κ2) is 6.28. The van der Waals surface area contributed by atoms with E-state index in [4.69, 9.17) is 4.74 Å². The second-order valence-electron chi connectivity index (χ2n) is 6.17. The van der Waals surface area contributed by atoms with Crippen molar-refractivity contribution >= 4 is 39.3 Å². The molecular formula is C16H18N2O3S2. The summed E-state index contributed by atoms with van der Waals surface area (Å²) < 4.78 is 5.19. The first-order valence-electron chi connectivity index (χ1n) is 7.97. The molecule has 0 atom stereocenters. The van der Waals surface area contributed by atoms with E-state index in [-0.39, 0.29) is 11.5 Å². The number of nitrogens with zero attached hydrogens (tertiary/aromatic N) is 1. The summed E-state index contributed by atoms with van der Waals surface area (Å²) in [6, 6.07) is 0. The van der Waals surface area contributed by atoms with Crippen LogP contribution in [0.5, 0.6) is 0 Å². The van der Waals surface area contributed by atoms with E-state index in [1.165, 1.54) is 35.0 Å². The Morgan fingerprint density at radius 2 is 2.26 bits per heavy atom. The normalized spacial score (nSPS) is 16.7. The van der Waals surface area contributed by atoms with Crippen molar-refractivity contribution in [3.05, 3.63) is 26.6 Å². The third kappa shape index (κ3) is 3.30. The zero-order valence-corrected chi connectivity index (χ0v) is 14.4. The summed E-state index contributed by atoms with van der Waals surface area (Å²) >= 11 is 3.07. The minimum Gasteiger partial charge on any atom is -0.465 e. The van der Waals surface area contributed by atoms with Crippen LogP contribution in [-0.4, -0.2) is 28.3 Å². The minimum atomic E-state index is -0.180. The van der Waals surface area contributed by atoms with E-state index in [9.17, 15) is 9.59 Å². The van der Waals surface area contributed by atoms with Gasteiger partial charge in [-0.25, -0.2) is 4.98 Å². The standard InChI is InChI=1S/C16H18N2O3S2/c19-13(21-6-9-4-5-9)8-22-7-12-17-15(20)14-10-2-1-3-11(10)23-16(14)18-12/h9H,1-8H2,(H,17,18,20). The van der Waals surface area contributed by atoms with Crippen LogP contribution in [0, 0.1) is 5.92 Å². The highest BCUT2D eigenvalue weighted by atomic mass is 32.2. The Bertz CT molecular complexity index is 807. The Kier molecular flexibility index (Phi) is 4.15. The van der Waals surface area contributed by atoms with Crippen molar-refractivity contribution in [2.75, 3.05) is 12.4 Å². The molecule has 1 N–H and O–H groups in total. The number of carbonyl (C=O) groups is 1. The number of thioether (sulfide) groups is 1. The number of hydrogen-bond donors (Lipinski definition) is 1. The van der Waals surface area contributed by atoms with Gasteiger partial charge in [-0.05, 0) is 43.6 Å². The molecular weight excluding hydrogens is 332 g/mol. The van der Waals surface area contributed by atoms with E-state index in [2.05, 4.69) is 9.97 Å². The molecule has 0 radical (unpaired) electrons. The molecule has 5 nitrogen and oxygen atoms in total. The number of H-pyrrole nitrogens is 1. The van der Waals surface area contributed by atoms with E-state index in [0.29, 0.717) is 29.9 Å². The molecule has 7 heteroatoms. The Hall–Kier alpha value is -1.34. The largest absolute Gasteiger partial charge is 0.465 e. The van der Waals surface area contributed by atoms with Crippen LogP contribution in [0.25, 0.3) is 10.2 Å². The predicted octanol–water partition coefficient (Wildman–Crippen LogP) is 2.66. The van der Waals surface area contributed by atoms with Crippen LogP contribution in [0.15, 0.2) is 4.79 Å². The summed E-state index contributed by atoms with van der Waals surface area (Å²) in [7, 11) is 0. The van der Waals surface area contributed by atoms with Gasteiger partial charge < -0.3 is 9.72 Å². The van der Waals surface area contributed by atoms with Crippen LogP contribution in [0.4, 0.5) is 0 Å². The zero-order valence-electron chi connectivity index (χ0n) is 12.7. The lowest BCUT2D eigenvalue weighted by atomic mass is 10.2. The van der Waals surface area contributed by atoms with Crippen molar-refractivity contribution < 1.29 is 9.53 Å². The van der Waals surface area contributed by atoms with Gasteiger partial charge in [0.05, 0.1) is 23.5 Å². The van der Waals surface area contributed by atoms with Gasteiger partial charge in [0.25, 0.3) is 5.56 Å². The molecule has 0 amide bonds. The molecule has 2 heterocycles. The van der Waals surface area contributed by atoms with Crippen molar-refractivity contribution in [1.82, 2.24) is 9.97 Å². The van der Waals surface area contributed by atoms with Gasteiger partial charge in [0, 0.05) is 4.88 Å². The number of aryl methyl sites for hydroxylation is 2. The molecule has 1 saturated carbocycles. The molecule has 0 unspecified atom stereocenters. The number of rotatable bonds is 6. The average Bonchev–Trinajstić information content (AvgIpc) is 3.12. The Labute approximate surface area is 141 Å². The minimum absolute atomic E-state index is 0.0405. The number of carbonyl (C=O) groups excluding carboxylic acids is 1. The lowest BCUT2D eigenvalue weighted by molar-refractivity contribution is -0.140. The fourth-order valence-corrected chi connectivity index (χ4v) is 4.85. The lowest BCUT2D eigenvalue weighted by Crippen LogP contribution is -2.13. The average molecular weight is 350 g/mol. The number of ether oxygens (including phenoxy) is 1. The lowest BCUT2D eigenvalue weighted by Gasteiger charge is -2.04. The molecule has 122 valence electrons. The summed E-state index contributed by atoms with van der Waals surface area (Å²) in [5, 5.41) is 0.778. The topological polar surface area (TPSA) is 72.0 Å². The molecule has 1 fully saturated rings. The number of aromatic amines is 1. The Morgan fingerprint density at radius 1 is 1.39 bits per heavy atom. The number of fused-ring (bicyclic) bond motifs is 3. The smallest absolute Gasteiger partial charge is 0.315 e. The SMILES string of the molecule is O=C(CSCc1nc2sc3c(c2c(=O)[nH]1)CCC3)OCC1CC1. The highest BCUT2D eigenvalue weighted by Gasteiger charge is 2.23. The molecule has 0 aromatic carbocycles.